The molecular formula is C11H15NO2. The molecule has 0 radical (unpaired) electrons. The van der Waals surface area contributed by atoms with Gasteiger partial charge >= 0.3 is 0 Å². The van der Waals surface area contributed by atoms with Gasteiger partial charge in [-0.3, -0.25) is 4.79 Å². The molecular weight excluding hydrogens is 178 g/mol. The van der Waals surface area contributed by atoms with Crippen LogP contribution in [0.3, 0.4) is 0 Å². The lowest BCUT2D eigenvalue weighted by atomic mass is 10.2. The first-order valence-electron chi connectivity index (χ1n) is 4.59. The monoisotopic (exact) mass is 193 g/mol. The number of amides is 1. The highest BCUT2D eigenvalue weighted by Crippen LogP contribution is 2.18. The quantitative estimate of drug-likeness (QED) is 0.780. The molecule has 0 heterocycles. The third-order valence-electron chi connectivity index (χ3n) is 2.06. The third-order valence-corrected chi connectivity index (χ3v) is 2.06. The second-order valence-corrected chi connectivity index (χ2v) is 3.57. The molecule has 0 aliphatic rings. The molecule has 1 amide bonds. The van der Waals surface area contributed by atoms with Gasteiger partial charge in [0.1, 0.15) is 5.75 Å². The van der Waals surface area contributed by atoms with E-state index in [1.54, 1.807) is 36.2 Å². The average Bonchev–Trinajstić information content (AvgIpc) is 2.16. The van der Waals surface area contributed by atoms with Gasteiger partial charge in [0.25, 0.3) is 0 Å². The standard InChI is InChI=1S/C11H15NO2/c1-8(2)11(14)12(3)9-4-6-10(13)7-5-9/h4-8,13H,1-3H3. The zero-order valence-electron chi connectivity index (χ0n) is 8.69. The van der Waals surface area contributed by atoms with Crippen molar-refractivity contribution in [2.24, 2.45) is 5.92 Å². The lowest BCUT2D eigenvalue weighted by molar-refractivity contribution is -0.121. The molecule has 0 saturated carbocycles. The topological polar surface area (TPSA) is 40.5 Å². The van der Waals surface area contributed by atoms with Crippen molar-refractivity contribution in [1.29, 1.82) is 0 Å². The Hall–Kier alpha value is -1.51. The van der Waals surface area contributed by atoms with Gasteiger partial charge in [-0.05, 0) is 24.3 Å². The Labute approximate surface area is 84.0 Å². The zero-order chi connectivity index (χ0) is 10.7. The zero-order valence-corrected chi connectivity index (χ0v) is 8.69. The van der Waals surface area contributed by atoms with Crippen LogP contribution in [0.15, 0.2) is 24.3 Å². The van der Waals surface area contributed by atoms with E-state index in [2.05, 4.69) is 0 Å². The highest BCUT2D eigenvalue weighted by atomic mass is 16.3. The highest BCUT2D eigenvalue weighted by Gasteiger charge is 2.13. The molecule has 76 valence electrons. The third kappa shape index (κ3) is 2.25. The van der Waals surface area contributed by atoms with Gasteiger partial charge in [-0.25, -0.2) is 0 Å². The minimum Gasteiger partial charge on any atom is -0.508 e. The number of carbonyl (C=O) groups is 1. The Morgan fingerprint density at radius 2 is 1.79 bits per heavy atom. The van der Waals surface area contributed by atoms with E-state index in [1.165, 1.54) is 0 Å². The van der Waals surface area contributed by atoms with Crippen LogP contribution in [0.1, 0.15) is 13.8 Å². The maximum absolute atomic E-state index is 11.6. The van der Waals surface area contributed by atoms with Crippen LogP contribution in [0.25, 0.3) is 0 Å². The van der Waals surface area contributed by atoms with Gasteiger partial charge in [0.15, 0.2) is 0 Å². The summed E-state index contributed by atoms with van der Waals surface area (Å²) in [6, 6.07) is 6.57. The Kier molecular flexibility index (Phi) is 3.12. The van der Waals surface area contributed by atoms with Gasteiger partial charge in [-0.2, -0.15) is 0 Å². The predicted molar refractivity (Wildman–Crippen MR) is 56.4 cm³/mol. The summed E-state index contributed by atoms with van der Waals surface area (Å²) in [5.74, 6) is 0.253. The van der Waals surface area contributed by atoms with Crippen molar-refractivity contribution in [3.8, 4) is 5.75 Å². The van der Waals surface area contributed by atoms with E-state index in [0.717, 1.165) is 5.69 Å². The van der Waals surface area contributed by atoms with Crippen LogP contribution < -0.4 is 4.90 Å². The van der Waals surface area contributed by atoms with Crippen molar-refractivity contribution < 1.29 is 9.90 Å². The molecule has 3 nitrogen and oxygen atoms in total. The molecule has 3 heteroatoms. The van der Waals surface area contributed by atoms with Crippen molar-refractivity contribution in [2.75, 3.05) is 11.9 Å². The first kappa shape index (κ1) is 10.6. The lowest BCUT2D eigenvalue weighted by Gasteiger charge is -2.19. The summed E-state index contributed by atoms with van der Waals surface area (Å²) in [6.45, 7) is 3.72. The van der Waals surface area contributed by atoms with E-state index >= 15 is 0 Å². The molecule has 0 spiro atoms. The molecule has 1 aromatic rings. The molecule has 0 bridgehead atoms. The summed E-state index contributed by atoms with van der Waals surface area (Å²) >= 11 is 0. The summed E-state index contributed by atoms with van der Waals surface area (Å²) < 4.78 is 0. The number of carbonyl (C=O) groups excluding carboxylic acids is 1. The number of hydrogen-bond acceptors (Lipinski definition) is 2. The molecule has 0 saturated heterocycles. The van der Waals surface area contributed by atoms with Crippen LogP contribution in [0.4, 0.5) is 5.69 Å². The van der Waals surface area contributed by atoms with Crippen LogP contribution in [0.2, 0.25) is 0 Å². The fourth-order valence-electron chi connectivity index (χ4n) is 1.19. The summed E-state index contributed by atoms with van der Waals surface area (Å²) in [5, 5.41) is 9.08. The van der Waals surface area contributed by atoms with Crippen molar-refractivity contribution in [3.63, 3.8) is 0 Å². The van der Waals surface area contributed by atoms with Crippen LogP contribution in [-0.2, 0) is 4.79 Å². The van der Waals surface area contributed by atoms with E-state index in [1.807, 2.05) is 13.8 Å². The van der Waals surface area contributed by atoms with Crippen molar-refractivity contribution in [1.82, 2.24) is 0 Å². The predicted octanol–water partition coefficient (Wildman–Crippen LogP) is 2.01. The largest absolute Gasteiger partial charge is 0.508 e. The first-order chi connectivity index (χ1) is 6.52. The van der Waals surface area contributed by atoms with Gasteiger partial charge in [-0.15, -0.1) is 0 Å². The highest BCUT2D eigenvalue weighted by molar-refractivity contribution is 5.94. The molecule has 0 unspecified atom stereocenters. The minimum atomic E-state index is -0.0196. The van der Waals surface area contributed by atoms with Gasteiger partial charge < -0.3 is 10.0 Å². The number of phenols is 1. The van der Waals surface area contributed by atoms with Crippen molar-refractivity contribution in [3.05, 3.63) is 24.3 Å². The van der Waals surface area contributed by atoms with Gasteiger partial charge in [-0.1, -0.05) is 13.8 Å². The molecule has 0 fully saturated rings. The Balaban J connectivity index is 2.84. The maximum Gasteiger partial charge on any atom is 0.229 e. The molecule has 0 aliphatic heterocycles. The number of hydrogen-bond donors (Lipinski definition) is 1. The Morgan fingerprint density at radius 1 is 1.29 bits per heavy atom. The van der Waals surface area contributed by atoms with E-state index in [0.29, 0.717) is 0 Å². The van der Waals surface area contributed by atoms with Crippen LogP contribution >= 0.6 is 0 Å². The maximum atomic E-state index is 11.6. The van der Waals surface area contributed by atoms with E-state index < -0.39 is 0 Å². The van der Waals surface area contributed by atoms with E-state index in [9.17, 15) is 4.79 Å². The molecule has 1 aromatic carbocycles. The van der Waals surface area contributed by atoms with Crippen molar-refractivity contribution >= 4 is 11.6 Å². The summed E-state index contributed by atoms with van der Waals surface area (Å²) in [4.78, 5) is 13.2. The molecule has 0 atom stereocenters. The van der Waals surface area contributed by atoms with Crippen LogP contribution in [0, 0.1) is 5.92 Å². The Morgan fingerprint density at radius 3 is 2.21 bits per heavy atom. The fourth-order valence-corrected chi connectivity index (χ4v) is 1.19. The molecule has 0 aromatic heterocycles. The summed E-state index contributed by atoms with van der Waals surface area (Å²) in [5.41, 5.74) is 0.793. The summed E-state index contributed by atoms with van der Waals surface area (Å²) in [7, 11) is 1.73. The number of nitrogens with zero attached hydrogens (tertiary/aromatic N) is 1. The number of benzene rings is 1. The SMILES string of the molecule is CC(C)C(=O)N(C)c1ccc(O)cc1. The summed E-state index contributed by atoms with van der Waals surface area (Å²) in [6.07, 6.45) is 0. The molecule has 1 rings (SSSR count). The van der Waals surface area contributed by atoms with Gasteiger partial charge in [0.05, 0.1) is 0 Å². The minimum absolute atomic E-state index is 0.0196. The normalized spacial score (nSPS) is 10.3. The average molecular weight is 193 g/mol. The van der Waals surface area contributed by atoms with Crippen LogP contribution in [0.5, 0.6) is 5.75 Å². The molecule has 0 aliphatic carbocycles. The molecule has 1 N–H and O–H groups in total. The Bertz CT molecular complexity index is 317. The van der Waals surface area contributed by atoms with Gasteiger partial charge in [0.2, 0.25) is 5.91 Å². The fraction of sp³-hybridized carbons (Fsp3) is 0.364. The number of aromatic hydroxyl groups is 1. The number of rotatable bonds is 2. The van der Waals surface area contributed by atoms with Crippen LogP contribution in [-0.4, -0.2) is 18.1 Å². The van der Waals surface area contributed by atoms with Gasteiger partial charge in [0, 0.05) is 18.7 Å². The van der Waals surface area contributed by atoms with E-state index in [-0.39, 0.29) is 17.6 Å². The molecule has 14 heavy (non-hydrogen) atoms. The number of phenolic OH excluding ortho intramolecular Hbond substituents is 1. The van der Waals surface area contributed by atoms with E-state index in [4.69, 9.17) is 5.11 Å². The second kappa shape index (κ2) is 4.13. The second-order valence-electron chi connectivity index (χ2n) is 3.57. The van der Waals surface area contributed by atoms with Crippen molar-refractivity contribution in [2.45, 2.75) is 13.8 Å². The number of anilines is 1. The lowest BCUT2D eigenvalue weighted by Crippen LogP contribution is -2.30. The smallest absolute Gasteiger partial charge is 0.229 e. The first-order valence-corrected chi connectivity index (χ1v) is 4.59.